The van der Waals surface area contributed by atoms with E-state index in [0.717, 1.165) is 26.1 Å². The Kier molecular flexibility index (Phi) is 9.00. The van der Waals surface area contributed by atoms with E-state index in [4.69, 9.17) is 9.84 Å². The highest BCUT2D eigenvalue weighted by Crippen LogP contribution is 2.03. The van der Waals surface area contributed by atoms with E-state index < -0.39 is 0 Å². The van der Waals surface area contributed by atoms with Crippen molar-refractivity contribution in [2.75, 3.05) is 40.5 Å². The Balaban J connectivity index is 4.04. The molecule has 0 aliphatic rings. The van der Waals surface area contributed by atoms with E-state index in [-0.39, 0.29) is 6.61 Å². The van der Waals surface area contributed by atoms with E-state index in [0.29, 0.717) is 12.1 Å². The highest BCUT2D eigenvalue weighted by Gasteiger charge is 2.16. The second-order valence-corrected chi connectivity index (χ2v) is 3.89. The van der Waals surface area contributed by atoms with E-state index in [2.05, 4.69) is 24.1 Å². The summed E-state index contributed by atoms with van der Waals surface area (Å²) in [5, 5.41) is 12.1. The van der Waals surface area contributed by atoms with Crippen LogP contribution in [0.3, 0.4) is 0 Å². The third-order valence-corrected chi connectivity index (χ3v) is 2.78. The maximum Gasteiger partial charge on any atom is 0.0615 e. The topological polar surface area (TPSA) is 44.7 Å². The van der Waals surface area contributed by atoms with E-state index in [1.165, 1.54) is 0 Å². The molecule has 2 N–H and O–H groups in total. The molecule has 2 unspecified atom stereocenters. The number of aliphatic hydroxyl groups excluding tert-OH is 1. The molecular formula is C11H26N2O2. The van der Waals surface area contributed by atoms with Gasteiger partial charge in [0.25, 0.3) is 0 Å². The number of hydrogen-bond donors (Lipinski definition) is 2. The molecule has 0 rings (SSSR count). The van der Waals surface area contributed by atoms with Crippen LogP contribution >= 0.6 is 0 Å². The van der Waals surface area contributed by atoms with Crippen LogP contribution in [0, 0.1) is 0 Å². The Morgan fingerprint density at radius 2 is 2.13 bits per heavy atom. The zero-order valence-electron chi connectivity index (χ0n) is 10.5. The van der Waals surface area contributed by atoms with Gasteiger partial charge in [-0.2, -0.15) is 0 Å². The minimum absolute atomic E-state index is 0.238. The van der Waals surface area contributed by atoms with Crippen LogP contribution in [0.25, 0.3) is 0 Å². The molecule has 0 aliphatic heterocycles. The Morgan fingerprint density at radius 1 is 1.47 bits per heavy atom. The second kappa shape index (κ2) is 9.09. The lowest BCUT2D eigenvalue weighted by Gasteiger charge is -2.30. The van der Waals surface area contributed by atoms with E-state index >= 15 is 0 Å². The molecule has 4 nitrogen and oxygen atoms in total. The maximum atomic E-state index is 8.91. The molecule has 2 atom stereocenters. The molecule has 0 heterocycles. The number of rotatable bonds is 9. The van der Waals surface area contributed by atoms with Gasteiger partial charge in [-0.1, -0.05) is 6.92 Å². The first-order chi connectivity index (χ1) is 7.19. The van der Waals surface area contributed by atoms with Crippen LogP contribution in [-0.4, -0.2) is 62.6 Å². The summed E-state index contributed by atoms with van der Waals surface area (Å²) >= 11 is 0. The van der Waals surface area contributed by atoms with Crippen molar-refractivity contribution in [2.24, 2.45) is 0 Å². The van der Waals surface area contributed by atoms with Gasteiger partial charge in [-0.05, 0) is 26.9 Å². The first-order valence-electron chi connectivity index (χ1n) is 5.70. The van der Waals surface area contributed by atoms with Gasteiger partial charge in [0.2, 0.25) is 0 Å². The lowest BCUT2D eigenvalue weighted by atomic mass is 10.1. The fourth-order valence-electron chi connectivity index (χ4n) is 1.73. The lowest BCUT2D eigenvalue weighted by Crippen LogP contribution is -2.45. The molecule has 0 aliphatic carbocycles. The predicted octanol–water partition coefficient (Wildman–Crippen LogP) is 0.314. The number of ether oxygens (including phenoxy) is 1. The minimum Gasteiger partial charge on any atom is -0.396 e. The number of nitrogens with one attached hydrogen (secondary N) is 1. The van der Waals surface area contributed by atoms with E-state index in [1.54, 1.807) is 7.11 Å². The Labute approximate surface area is 93.6 Å². The molecule has 0 saturated heterocycles. The maximum absolute atomic E-state index is 8.91. The quantitative estimate of drug-likeness (QED) is 0.585. The van der Waals surface area contributed by atoms with Crippen LogP contribution in [-0.2, 0) is 4.74 Å². The van der Waals surface area contributed by atoms with Crippen molar-refractivity contribution in [3.8, 4) is 0 Å². The molecular weight excluding hydrogens is 192 g/mol. The van der Waals surface area contributed by atoms with Gasteiger partial charge in [0.15, 0.2) is 0 Å². The molecule has 92 valence electrons. The molecule has 0 aromatic rings. The largest absolute Gasteiger partial charge is 0.396 e. The SMILES string of the molecule is CCN(CC(CCO)NC)C(C)COC. The zero-order valence-corrected chi connectivity index (χ0v) is 10.5. The number of nitrogens with zero attached hydrogens (tertiary/aromatic N) is 1. The lowest BCUT2D eigenvalue weighted by molar-refractivity contribution is 0.0934. The molecule has 0 saturated carbocycles. The van der Waals surface area contributed by atoms with Crippen molar-refractivity contribution < 1.29 is 9.84 Å². The summed E-state index contributed by atoms with van der Waals surface area (Å²) in [6, 6.07) is 0.781. The normalized spacial score (nSPS) is 15.6. The highest BCUT2D eigenvalue weighted by molar-refractivity contribution is 4.73. The number of methoxy groups -OCH3 is 1. The van der Waals surface area contributed by atoms with Crippen LogP contribution in [0.2, 0.25) is 0 Å². The summed E-state index contributed by atoms with van der Waals surface area (Å²) in [4.78, 5) is 2.36. The van der Waals surface area contributed by atoms with Crippen LogP contribution in [0.5, 0.6) is 0 Å². The first kappa shape index (κ1) is 14.8. The Morgan fingerprint density at radius 3 is 2.53 bits per heavy atom. The molecule has 0 aromatic carbocycles. The number of likely N-dealkylation sites (N-methyl/N-ethyl adjacent to an activating group) is 2. The van der Waals surface area contributed by atoms with Crippen molar-refractivity contribution in [3.63, 3.8) is 0 Å². The number of hydrogen-bond acceptors (Lipinski definition) is 4. The monoisotopic (exact) mass is 218 g/mol. The summed E-state index contributed by atoms with van der Waals surface area (Å²) in [6.07, 6.45) is 0.798. The third kappa shape index (κ3) is 6.10. The smallest absolute Gasteiger partial charge is 0.0615 e. The third-order valence-electron chi connectivity index (χ3n) is 2.78. The highest BCUT2D eigenvalue weighted by atomic mass is 16.5. The van der Waals surface area contributed by atoms with Crippen LogP contribution < -0.4 is 5.32 Å². The molecule has 0 aromatic heterocycles. The van der Waals surface area contributed by atoms with E-state index in [1.807, 2.05) is 7.05 Å². The van der Waals surface area contributed by atoms with Crippen molar-refractivity contribution in [1.82, 2.24) is 10.2 Å². The fourth-order valence-corrected chi connectivity index (χ4v) is 1.73. The summed E-state index contributed by atoms with van der Waals surface area (Å²) in [5.41, 5.74) is 0. The minimum atomic E-state index is 0.238. The Hall–Kier alpha value is -0.160. The summed E-state index contributed by atoms with van der Waals surface area (Å²) in [7, 11) is 3.67. The Bertz CT molecular complexity index is 145. The first-order valence-corrected chi connectivity index (χ1v) is 5.70. The second-order valence-electron chi connectivity index (χ2n) is 3.89. The van der Waals surface area contributed by atoms with Gasteiger partial charge in [0, 0.05) is 32.3 Å². The molecule has 15 heavy (non-hydrogen) atoms. The molecule has 0 radical (unpaired) electrons. The van der Waals surface area contributed by atoms with Gasteiger partial charge in [-0.25, -0.2) is 0 Å². The molecule has 0 fully saturated rings. The van der Waals surface area contributed by atoms with Crippen molar-refractivity contribution >= 4 is 0 Å². The van der Waals surface area contributed by atoms with Gasteiger partial charge >= 0.3 is 0 Å². The molecule has 0 amide bonds. The fraction of sp³-hybridized carbons (Fsp3) is 1.00. The van der Waals surface area contributed by atoms with Gasteiger partial charge in [0.1, 0.15) is 0 Å². The zero-order chi connectivity index (χ0) is 11.7. The van der Waals surface area contributed by atoms with Crippen LogP contribution in [0.15, 0.2) is 0 Å². The summed E-state index contributed by atoms with van der Waals surface area (Å²) in [5.74, 6) is 0. The average Bonchev–Trinajstić information content (AvgIpc) is 2.24. The summed E-state index contributed by atoms with van der Waals surface area (Å²) < 4.78 is 5.15. The standard InChI is InChI=1S/C11H26N2O2/c1-5-13(10(2)9-15-4)8-11(12-3)6-7-14/h10-12,14H,5-9H2,1-4H3. The van der Waals surface area contributed by atoms with Gasteiger partial charge < -0.3 is 15.2 Å². The van der Waals surface area contributed by atoms with Gasteiger partial charge in [0.05, 0.1) is 6.61 Å². The van der Waals surface area contributed by atoms with Crippen LogP contribution in [0.1, 0.15) is 20.3 Å². The van der Waals surface area contributed by atoms with Crippen LogP contribution in [0.4, 0.5) is 0 Å². The number of aliphatic hydroxyl groups is 1. The molecule has 4 heteroatoms. The van der Waals surface area contributed by atoms with Crippen molar-refractivity contribution in [3.05, 3.63) is 0 Å². The summed E-state index contributed by atoms with van der Waals surface area (Å²) in [6.45, 7) is 7.27. The molecule has 0 bridgehead atoms. The molecule has 0 spiro atoms. The van der Waals surface area contributed by atoms with Crippen molar-refractivity contribution in [1.29, 1.82) is 0 Å². The predicted molar refractivity (Wildman–Crippen MR) is 63.1 cm³/mol. The van der Waals surface area contributed by atoms with E-state index in [9.17, 15) is 0 Å². The average molecular weight is 218 g/mol. The van der Waals surface area contributed by atoms with Gasteiger partial charge in [-0.3, -0.25) is 4.90 Å². The van der Waals surface area contributed by atoms with Gasteiger partial charge in [-0.15, -0.1) is 0 Å². The van der Waals surface area contributed by atoms with Crippen molar-refractivity contribution in [2.45, 2.75) is 32.4 Å².